The van der Waals surface area contributed by atoms with Crippen molar-refractivity contribution in [3.8, 4) is 11.5 Å². The number of carbonyl (C=O) groups excluding carboxylic acids is 1. The highest BCUT2D eigenvalue weighted by atomic mass is 35.5. The molecule has 0 spiro atoms. The lowest BCUT2D eigenvalue weighted by molar-refractivity contribution is -0.275. The summed E-state index contributed by atoms with van der Waals surface area (Å²) in [4.78, 5) is 14.8. The summed E-state index contributed by atoms with van der Waals surface area (Å²) in [5, 5.41) is 9.38. The zero-order chi connectivity index (χ0) is 14.6. The maximum Gasteiger partial charge on any atom is 0.573 e. The quantitative estimate of drug-likeness (QED) is 0.681. The third-order valence-electron chi connectivity index (χ3n) is 2.09. The number of methoxy groups -OCH3 is 1. The van der Waals surface area contributed by atoms with Crippen molar-refractivity contribution < 1.29 is 32.5 Å². The number of ether oxygens (including phenoxy) is 2. The van der Waals surface area contributed by atoms with Crippen LogP contribution in [0.15, 0.2) is 6.20 Å². The third-order valence-corrected chi connectivity index (χ3v) is 2.34. The molecule has 5 nitrogen and oxygen atoms in total. The molecule has 0 aromatic carbocycles. The van der Waals surface area contributed by atoms with E-state index in [1.54, 1.807) is 0 Å². The summed E-state index contributed by atoms with van der Waals surface area (Å²) in [7, 11) is 1.07. The Labute approximate surface area is 110 Å². The first-order valence-corrected chi connectivity index (χ1v) is 5.40. The topological polar surface area (TPSA) is 68.7 Å². The van der Waals surface area contributed by atoms with Crippen LogP contribution in [-0.2, 0) is 21.8 Å². The number of halogens is 4. The van der Waals surface area contributed by atoms with Crippen LogP contribution in [0.5, 0.6) is 11.5 Å². The molecule has 0 bridgehead atoms. The first kappa shape index (κ1) is 15.4. The van der Waals surface area contributed by atoms with E-state index >= 15 is 0 Å². The van der Waals surface area contributed by atoms with Crippen molar-refractivity contribution >= 4 is 17.6 Å². The van der Waals surface area contributed by atoms with Crippen LogP contribution in [0.3, 0.4) is 0 Å². The van der Waals surface area contributed by atoms with E-state index in [2.05, 4.69) is 14.5 Å². The van der Waals surface area contributed by atoms with Crippen molar-refractivity contribution in [3.05, 3.63) is 17.5 Å². The predicted molar refractivity (Wildman–Crippen MR) is 57.9 cm³/mol. The monoisotopic (exact) mass is 299 g/mol. The van der Waals surface area contributed by atoms with Crippen LogP contribution in [0.1, 0.15) is 11.3 Å². The van der Waals surface area contributed by atoms with Crippen molar-refractivity contribution in [3.63, 3.8) is 0 Å². The van der Waals surface area contributed by atoms with Gasteiger partial charge in [0.1, 0.15) is 0 Å². The van der Waals surface area contributed by atoms with Gasteiger partial charge in [-0.15, -0.1) is 24.8 Å². The smallest absolute Gasteiger partial charge is 0.503 e. The first-order chi connectivity index (χ1) is 8.78. The van der Waals surface area contributed by atoms with Crippen molar-refractivity contribution in [1.82, 2.24) is 4.98 Å². The highest BCUT2D eigenvalue weighted by Gasteiger charge is 2.34. The van der Waals surface area contributed by atoms with Gasteiger partial charge in [-0.3, -0.25) is 9.78 Å². The zero-order valence-electron chi connectivity index (χ0n) is 9.62. The van der Waals surface area contributed by atoms with Gasteiger partial charge in [-0.05, 0) is 0 Å². The summed E-state index contributed by atoms with van der Waals surface area (Å²) in [5.41, 5.74) is -0.275. The van der Waals surface area contributed by atoms with Gasteiger partial charge in [0, 0.05) is 5.56 Å². The Morgan fingerprint density at radius 3 is 2.63 bits per heavy atom. The number of aromatic nitrogens is 1. The van der Waals surface area contributed by atoms with E-state index in [4.69, 9.17) is 11.6 Å². The van der Waals surface area contributed by atoms with Crippen molar-refractivity contribution in [2.45, 2.75) is 18.7 Å². The van der Waals surface area contributed by atoms with Crippen LogP contribution in [0.25, 0.3) is 0 Å². The molecule has 9 heteroatoms. The molecular formula is C10H9ClF3NO4. The summed E-state index contributed by atoms with van der Waals surface area (Å²) < 4.78 is 44.8. The fraction of sp³-hybridized carbons (Fsp3) is 0.400. The van der Waals surface area contributed by atoms with E-state index in [9.17, 15) is 23.1 Å². The van der Waals surface area contributed by atoms with Gasteiger partial charge in [0.05, 0.1) is 31.3 Å². The van der Waals surface area contributed by atoms with Crippen LogP contribution < -0.4 is 4.74 Å². The Kier molecular flexibility index (Phi) is 4.82. The van der Waals surface area contributed by atoms with Crippen molar-refractivity contribution in [1.29, 1.82) is 0 Å². The lowest BCUT2D eigenvalue weighted by Gasteiger charge is -2.15. The molecule has 1 aromatic heterocycles. The molecule has 1 N–H and O–H groups in total. The van der Waals surface area contributed by atoms with Crippen LogP contribution in [0, 0.1) is 0 Å². The number of nitrogens with zero attached hydrogens (tertiary/aromatic N) is 1. The fourth-order valence-electron chi connectivity index (χ4n) is 1.30. The molecule has 0 amide bonds. The van der Waals surface area contributed by atoms with Gasteiger partial charge < -0.3 is 14.6 Å². The molecule has 0 saturated carbocycles. The van der Waals surface area contributed by atoms with E-state index in [0.717, 1.165) is 13.3 Å². The largest absolute Gasteiger partial charge is 0.573 e. The standard InChI is InChI=1S/C10H9ClF3NO4/c1-18-8(17)2-5-6(3-11)15-4-7(16)9(5)19-10(12,13)14/h4,16H,2-3H2,1H3. The van der Waals surface area contributed by atoms with Crippen LogP contribution in [-0.4, -0.2) is 29.5 Å². The first-order valence-electron chi connectivity index (χ1n) is 4.86. The molecule has 0 aliphatic carbocycles. The summed E-state index contributed by atoms with van der Waals surface area (Å²) in [6.45, 7) is 0. The molecule has 0 aliphatic heterocycles. The molecule has 106 valence electrons. The van der Waals surface area contributed by atoms with E-state index in [0.29, 0.717) is 0 Å². The summed E-state index contributed by atoms with van der Waals surface area (Å²) >= 11 is 5.52. The number of carbonyl (C=O) groups is 1. The van der Waals surface area contributed by atoms with E-state index in [1.807, 2.05) is 0 Å². The van der Waals surface area contributed by atoms with Crippen LogP contribution in [0.2, 0.25) is 0 Å². The normalized spacial score (nSPS) is 11.2. The third kappa shape index (κ3) is 4.16. The molecule has 0 aliphatic rings. The minimum atomic E-state index is -5.02. The van der Waals surface area contributed by atoms with Gasteiger partial charge in [-0.1, -0.05) is 0 Å². The number of pyridine rings is 1. The Balaban J connectivity index is 3.28. The number of aromatic hydroxyl groups is 1. The highest BCUT2D eigenvalue weighted by Crippen LogP contribution is 2.36. The second kappa shape index (κ2) is 5.96. The summed E-state index contributed by atoms with van der Waals surface area (Å²) in [5.74, 6) is -2.81. The van der Waals surface area contributed by atoms with Crippen LogP contribution >= 0.6 is 11.6 Å². The lowest BCUT2D eigenvalue weighted by Crippen LogP contribution is -2.20. The summed E-state index contributed by atoms with van der Waals surface area (Å²) in [6, 6.07) is 0. The Bertz CT molecular complexity index is 479. The number of alkyl halides is 4. The molecule has 0 atom stereocenters. The molecule has 1 rings (SSSR count). The molecule has 0 saturated heterocycles. The molecule has 0 unspecified atom stereocenters. The van der Waals surface area contributed by atoms with Gasteiger partial charge in [0.2, 0.25) is 0 Å². The number of rotatable bonds is 4. The number of hydrogen-bond acceptors (Lipinski definition) is 5. The van der Waals surface area contributed by atoms with Gasteiger partial charge in [0.15, 0.2) is 11.5 Å². The SMILES string of the molecule is COC(=O)Cc1c(CCl)ncc(O)c1OC(F)(F)F. The number of esters is 1. The van der Waals surface area contributed by atoms with Gasteiger partial charge in [-0.2, -0.15) is 0 Å². The van der Waals surface area contributed by atoms with Gasteiger partial charge in [-0.25, -0.2) is 0 Å². The average molecular weight is 300 g/mol. The molecule has 0 fully saturated rings. The van der Waals surface area contributed by atoms with E-state index in [1.165, 1.54) is 0 Å². The highest BCUT2D eigenvalue weighted by molar-refractivity contribution is 6.17. The van der Waals surface area contributed by atoms with Gasteiger partial charge >= 0.3 is 12.3 Å². The second-order valence-electron chi connectivity index (χ2n) is 3.33. The minimum absolute atomic E-state index is 0.0101. The predicted octanol–water partition coefficient (Wildman–Crippen LogP) is 2.14. The lowest BCUT2D eigenvalue weighted by atomic mass is 10.1. The molecule has 19 heavy (non-hydrogen) atoms. The average Bonchev–Trinajstić information content (AvgIpc) is 2.32. The van der Waals surface area contributed by atoms with E-state index < -0.39 is 30.3 Å². The maximum absolute atomic E-state index is 12.3. The second-order valence-corrected chi connectivity index (χ2v) is 3.60. The van der Waals surface area contributed by atoms with Gasteiger partial charge in [0.25, 0.3) is 0 Å². The van der Waals surface area contributed by atoms with E-state index in [-0.39, 0.29) is 17.1 Å². The molecule has 0 radical (unpaired) electrons. The Morgan fingerprint density at radius 2 is 2.16 bits per heavy atom. The minimum Gasteiger partial charge on any atom is -0.503 e. The number of hydrogen-bond donors (Lipinski definition) is 1. The summed E-state index contributed by atoms with van der Waals surface area (Å²) in [6.07, 6.45) is -4.81. The Morgan fingerprint density at radius 1 is 1.53 bits per heavy atom. The van der Waals surface area contributed by atoms with Crippen molar-refractivity contribution in [2.75, 3.05) is 7.11 Å². The molecular weight excluding hydrogens is 291 g/mol. The zero-order valence-corrected chi connectivity index (χ0v) is 10.4. The maximum atomic E-state index is 12.3. The van der Waals surface area contributed by atoms with Crippen molar-refractivity contribution in [2.24, 2.45) is 0 Å². The Hall–Kier alpha value is -1.70. The molecule has 1 aromatic rings. The fourth-order valence-corrected chi connectivity index (χ4v) is 1.54. The molecule has 1 heterocycles. The van der Waals surface area contributed by atoms with Crippen LogP contribution in [0.4, 0.5) is 13.2 Å².